The van der Waals surface area contributed by atoms with Crippen molar-refractivity contribution in [3.05, 3.63) is 77.4 Å². The Labute approximate surface area is 174 Å². The van der Waals surface area contributed by atoms with E-state index in [2.05, 4.69) is 17.4 Å². The van der Waals surface area contributed by atoms with Crippen LogP contribution in [0.5, 0.6) is 5.75 Å². The molecule has 1 aromatic heterocycles. The van der Waals surface area contributed by atoms with Gasteiger partial charge in [0.2, 0.25) is 0 Å². The second-order valence-corrected chi connectivity index (χ2v) is 8.13. The van der Waals surface area contributed by atoms with Crippen LogP contribution in [0.25, 0.3) is 20.8 Å². The van der Waals surface area contributed by atoms with E-state index in [1.54, 1.807) is 11.3 Å². The first-order chi connectivity index (χ1) is 14.0. The van der Waals surface area contributed by atoms with Gasteiger partial charge < -0.3 is 10.1 Å². The lowest BCUT2D eigenvalue weighted by Crippen LogP contribution is -2.20. The highest BCUT2D eigenvalue weighted by molar-refractivity contribution is 7.21. The fourth-order valence-corrected chi connectivity index (χ4v) is 4.03. The summed E-state index contributed by atoms with van der Waals surface area (Å²) in [4.78, 5) is 17.0. The second kappa shape index (κ2) is 8.05. The quantitative estimate of drug-likeness (QED) is 0.452. The zero-order valence-electron chi connectivity index (χ0n) is 16.7. The average molecular weight is 403 g/mol. The Morgan fingerprint density at radius 1 is 0.966 bits per heavy atom. The Bertz CT molecular complexity index is 1160. The third kappa shape index (κ3) is 4.30. The average Bonchev–Trinajstić information content (AvgIpc) is 3.15. The molecule has 0 unspecified atom stereocenters. The third-order valence-corrected chi connectivity index (χ3v) is 5.98. The van der Waals surface area contributed by atoms with Crippen molar-refractivity contribution in [2.24, 2.45) is 0 Å². The van der Waals surface area contributed by atoms with Gasteiger partial charge in [0.1, 0.15) is 10.8 Å². The zero-order valence-corrected chi connectivity index (χ0v) is 17.5. The van der Waals surface area contributed by atoms with E-state index >= 15 is 0 Å². The fraction of sp³-hybridized carbons (Fsp3) is 0.167. The van der Waals surface area contributed by atoms with Crippen LogP contribution in [0.1, 0.15) is 16.7 Å². The van der Waals surface area contributed by atoms with E-state index in [0.717, 1.165) is 32.9 Å². The van der Waals surface area contributed by atoms with Gasteiger partial charge in [0, 0.05) is 11.3 Å². The molecule has 146 valence electrons. The smallest absolute Gasteiger partial charge is 0.262 e. The minimum atomic E-state index is -0.181. The molecular formula is C24H22N2O2S. The molecule has 5 heteroatoms. The van der Waals surface area contributed by atoms with E-state index in [4.69, 9.17) is 9.72 Å². The number of nitrogens with zero attached hydrogens (tertiary/aromatic N) is 1. The van der Waals surface area contributed by atoms with Gasteiger partial charge >= 0.3 is 0 Å². The van der Waals surface area contributed by atoms with Crippen molar-refractivity contribution in [3.63, 3.8) is 0 Å². The number of fused-ring (bicyclic) bond motifs is 1. The molecular weight excluding hydrogens is 380 g/mol. The van der Waals surface area contributed by atoms with Crippen LogP contribution in [-0.4, -0.2) is 17.5 Å². The molecule has 0 fully saturated rings. The standard InChI is InChI=1S/C24H22N2O2S/c1-15-8-10-19(13-16(15)2)28-14-23(27)25-20-11-9-18(12-17(20)3)24-26-21-6-4-5-7-22(21)29-24/h4-13H,14H2,1-3H3,(H,25,27). The summed E-state index contributed by atoms with van der Waals surface area (Å²) in [5.41, 5.74) is 6.17. The molecule has 0 radical (unpaired) electrons. The molecule has 29 heavy (non-hydrogen) atoms. The minimum Gasteiger partial charge on any atom is -0.484 e. The summed E-state index contributed by atoms with van der Waals surface area (Å²) in [5.74, 6) is 0.519. The van der Waals surface area contributed by atoms with Gasteiger partial charge in [0.15, 0.2) is 6.61 Å². The molecule has 3 aromatic carbocycles. The predicted molar refractivity (Wildman–Crippen MR) is 120 cm³/mol. The predicted octanol–water partition coefficient (Wildman–Crippen LogP) is 5.91. The Morgan fingerprint density at radius 3 is 2.55 bits per heavy atom. The normalized spacial score (nSPS) is 10.9. The van der Waals surface area contributed by atoms with Crippen molar-refractivity contribution in [1.82, 2.24) is 4.98 Å². The number of benzene rings is 3. The number of nitrogens with one attached hydrogen (secondary N) is 1. The molecule has 4 aromatic rings. The number of rotatable bonds is 5. The van der Waals surface area contributed by atoms with Crippen LogP contribution in [0, 0.1) is 20.8 Å². The van der Waals surface area contributed by atoms with Crippen LogP contribution in [0.15, 0.2) is 60.7 Å². The molecule has 0 aliphatic heterocycles. The molecule has 1 amide bonds. The number of aryl methyl sites for hydroxylation is 3. The number of anilines is 1. The second-order valence-electron chi connectivity index (χ2n) is 7.10. The Kier molecular flexibility index (Phi) is 5.32. The van der Waals surface area contributed by atoms with Crippen LogP contribution in [-0.2, 0) is 4.79 Å². The van der Waals surface area contributed by atoms with Crippen LogP contribution in [0.4, 0.5) is 5.69 Å². The summed E-state index contributed by atoms with van der Waals surface area (Å²) in [5, 5.41) is 3.91. The number of carbonyl (C=O) groups excluding carboxylic acids is 1. The summed E-state index contributed by atoms with van der Waals surface area (Å²) in [7, 11) is 0. The summed E-state index contributed by atoms with van der Waals surface area (Å²) < 4.78 is 6.79. The van der Waals surface area contributed by atoms with Gasteiger partial charge in [-0.15, -0.1) is 11.3 Å². The number of para-hydroxylation sites is 1. The lowest BCUT2D eigenvalue weighted by molar-refractivity contribution is -0.118. The molecule has 0 aliphatic rings. The lowest BCUT2D eigenvalue weighted by atomic mass is 10.1. The van der Waals surface area contributed by atoms with E-state index in [9.17, 15) is 4.79 Å². The van der Waals surface area contributed by atoms with E-state index < -0.39 is 0 Å². The number of amides is 1. The van der Waals surface area contributed by atoms with E-state index in [1.807, 2.05) is 69.3 Å². The molecule has 0 atom stereocenters. The van der Waals surface area contributed by atoms with Crippen molar-refractivity contribution in [2.75, 3.05) is 11.9 Å². The van der Waals surface area contributed by atoms with Crippen LogP contribution in [0.3, 0.4) is 0 Å². The Balaban J connectivity index is 1.43. The molecule has 1 N–H and O–H groups in total. The molecule has 0 spiro atoms. The maximum Gasteiger partial charge on any atom is 0.262 e. The molecule has 0 saturated carbocycles. The lowest BCUT2D eigenvalue weighted by Gasteiger charge is -2.11. The fourth-order valence-electron chi connectivity index (χ4n) is 3.07. The van der Waals surface area contributed by atoms with Gasteiger partial charge in [-0.25, -0.2) is 4.98 Å². The number of hydrogen-bond acceptors (Lipinski definition) is 4. The summed E-state index contributed by atoms with van der Waals surface area (Å²) in [6.45, 7) is 6.03. The largest absolute Gasteiger partial charge is 0.484 e. The number of aromatic nitrogens is 1. The zero-order chi connectivity index (χ0) is 20.4. The van der Waals surface area contributed by atoms with E-state index in [1.165, 1.54) is 10.3 Å². The van der Waals surface area contributed by atoms with Crippen LogP contribution in [0.2, 0.25) is 0 Å². The molecule has 4 nitrogen and oxygen atoms in total. The maximum absolute atomic E-state index is 12.3. The molecule has 0 bridgehead atoms. The van der Waals surface area contributed by atoms with Gasteiger partial charge in [0.05, 0.1) is 10.2 Å². The Morgan fingerprint density at radius 2 is 1.79 bits per heavy atom. The van der Waals surface area contributed by atoms with Crippen LogP contribution < -0.4 is 10.1 Å². The summed E-state index contributed by atoms with van der Waals surface area (Å²) in [6, 6.07) is 19.9. The minimum absolute atomic E-state index is 0.0262. The topological polar surface area (TPSA) is 51.2 Å². The first-order valence-corrected chi connectivity index (χ1v) is 10.3. The van der Waals surface area contributed by atoms with Gasteiger partial charge in [-0.05, 0) is 79.9 Å². The number of hydrogen-bond donors (Lipinski definition) is 1. The van der Waals surface area contributed by atoms with Crippen molar-refractivity contribution < 1.29 is 9.53 Å². The monoisotopic (exact) mass is 402 g/mol. The SMILES string of the molecule is Cc1ccc(OCC(=O)Nc2ccc(-c3nc4ccccc4s3)cc2C)cc1C. The van der Waals surface area contributed by atoms with Gasteiger partial charge in [-0.1, -0.05) is 18.2 Å². The number of ether oxygens (including phenoxy) is 1. The number of thiazole rings is 1. The molecule has 1 heterocycles. The number of carbonyl (C=O) groups is 1. The highest BCUT2D eigenvalue weighted by Gasteiger charge is 2.10. The third-order valence-electron chi connectivity index (χ3n) is 4.89. The van der Waals surface area contributed by atoms with Crippen molar-refractivity contribution >= 4 is 33.1 Å². The van der Waals surface area contributed by atoms with E-state index in [-0.39, 0.29) is 12.5 Å². The van der Waals surface area contributed by atoms with Gasteiger partial charge in [-0.2, -0.15) is 0 Å². The first-order valence-electron chi connectivity index (χ1n) is 9.46. The van der Waals surface area contributed by atoms with Crippen molar-refractivity contribution in [3.8, 4) is 16.3 Å². The highest BCUT2D eigenvalue weighted by atomic mass is 32.1. The Hall–Kier alpha value is -3.18. The van der Waals surface area contributed by atoms with E-state index in [0.29, 0.717) is 5.75 Å². The highest BCUT2D eigenvalue weighted by Crippen LogP contribution is 2.31. The maximum atomic E-state index is 12.3. The molecule has 0 aliphatic carbocycles. The summed E-state index contributed by atoms with van der Waals surface area (Å²) in [6.07, 6.45) is 0. The molecule has 0 saturated heterocycles. The van der Waals surface area contributed by atoms with Crippen molar-refractivity contribution in [1.29, 1.82) is 0 Å². The molecule has 4 rings (SSSR count). The van der Waals surface area contributed by atoms with Crippen LogP contribution >= 0.6 is 11.3 Å². The van der Waals surface area contributed by atoms with Gasteiger partial charge in [-0.3, -0.25) is 4.79 Å². The van der Waals surface area contributed by atoms with Crippen molar-refractivity contribution in [2.45, 2.75) is 20.8 Å². The van der Waals surface area contributed by atoms with Gasteiger partial charge in [0.25, 0.3) is 5.91 Å². The first kappa shape index (κ1) is 19.2. The summed E-state index contributed by atoms with van der Waals surface area (Å²) >= 11 is 1.67.